The third-order valence-corrected chi connectivity index (χ3v) is 3.71. The van der Waals surface area contributed by atoms with Gasteiger partial charge in [-0.05, 0) is 43.4 Å². The van der Waals surface area contributed by atoms with Gasteiger partial charge in [0.2, 0.25) is 0 Å². The fraction of sp³-hybridized carbons (Fsp3) is 0.467. The van der Waals surface area contributed by atoms with Crippen LogP contribution in [0, 0.1) is 23.1 Å². The maximum atomic E-state index is 13.2. The number of hydrogen-bond acceptors (Lipinski definition) is 3. The molecule has 20 heavy (non-hydrogen) atoms. The summed E-state index contributed by atoms with van der Waals surface area (Å²) in [4.78, 5) is 12.7. The molecule has 2 rings (SSSR count). The maximum absolute atomic E-state index is 13.2. The lowest BCUT2D eigenvalue weighted by molar-refractivity contribution is -0.137. The highest BCUT2D eigenvalue weighted by molar-refractivity contribution is 5.66. The Morgan fingerprint density at radius 2 is 2.35 bits per heavy atom. The number of carboxylic acids is 1. The largest absolute Gasteiger partial charge is 0.481 e. The van der Waals surface area contributed by atoms with Gasteiger partial charge in [0, 0.05) is 19.5 Å². The van der Waals surface area contributed by atoms with Crippen LogP contribution in [0.2, 0.25) is 0 Å². The van der Waals surface area contributed by atoms with Gasteiger partial charge in [0.25, 0.3) is 0 Å². The molecule has 0 aliphatic carbocycles. The number of piperidine rings is 1. The first-order chi connectivity index (χ1) is 9.60. The molecule has 0 bridgehead atoms. The summed E-state index contributed by atoms with van der Waals surface area (Å²) in [6.07, 6.45) is 2.79. The second-order valence-corrected chi connectivity index (χ2v) is 5.16. The highest BCUT2D eigenvalue weighted by Gasteiger charge is 2.22. The Kier molecular flexibility index (Phi) is 4.57. The molecule has 1 unspecified atom stereocenters. The number of hydrogen-bond donors (Lipinski definition) is 1. The smallest absolute Gasteiger partial charge is 0.303 e. The molecule has 1 aliphatic rings. The number of nitriles is 1. The van der Waals surface area contributed by atoms with Gasteiger partial charge in [-0.3, -0.25) is 4.79 Å². The summed E-state index contributed by atoms with van der Waals surface area (Å²) in [6, 6.07) is 6.26. The molecule has 4 nitrogen and oxygen atoms in total. The molecular formula is C15H17FN2O2. The molecule has 1 aliphatic heterocycles. The zero-order chi connectivity index (χ0) is 14.5. The fourth-order valence-corrected chi connectivity index (χ4v) is 2.72. The molecule has 1 atom stereocenters. The molecule has 0 aromatic heterocycles. The number of anilines is 1. The molecule has 0 spiro atoms. The van der Waals surface area contributed by atoms with Crippen molar-refractivity contribution in [3.8, 4) is 6.07 Å². The van der Waals surface area contributed by atoms with E-state index in [1.165, 1.54) is 12.1 Å². The van der Waals surface area contributed by atoms with Crippen LogP contribution in [-0.4, -0.2) is 24.2 Å². The summed E-state index contributed by atoms with van der Waals surface area (Å²) in [5.74, 6) is -0.872. The van der Waals surface area contributed by atoms with E-state index in [2.05, 4.69) is 4.90 Å². The van der Waals surface area contributed by atoms with Crippen molar-refractivity contribution >= 4 is 11.7 Å². The SMILES string of the molecule is N#Cc1cc(F)ccc1N1CCCC(CCC(=O)O)C1. The Morgan fingerprint density at radius 1 is 1.55 bits per heavy atom. The minimum atomic E-state index is -0.776. The standard InChI is InChI=1S/C15H17FN2O2/c16-13-4-5-14(12(8-13)9-17)18-7-1-2-11(10-18)3-6-15(19)20/h4-5,8,11H,1-3,6-7,10H2,(H,19,20). The summed E-state index contributed by atoms with van der Waals surface area (Å²) in [5, 5.41) is 17.8. The molecule has 1 fully saturated rings. The summed E-state index contributed by atoms with van der Waals surface area (Å²) in [5.41, 5.74) is 1.08. The van der Waals surface area contributed by atoms with E-state index in [-0.39, 0.29) is 6.42 Å². The predicted molar refractivity (Wildman–Crippen MR) is 72.9 cm³/mol. The average Bonchev–Trinajstić information content (AvgIpc) is 2.45. The predicted octanol–water partition coefficient (Wildman–Crippen LogP) is 2.78. The fourth-order valence-electron chi connectivity index (χ4n) is 2.72. The van der Waals surface area contributed by atoms with Gasteiger partial charge in [0.05, 0.1) is 11.3 Å². The molecular weight excluding hydrogens is 259 g/mol. The van der Waals surface area contributed by atoms with E-state index >= 15 is 0 Å². The number of nitrogens with zero attached hydrogens (tertiary/aromatic N) is 2. The number of rotatable bonds is 4. The summed E-state index contributed by atoms with van der Waals surface area (Å²) < 4.78 is 13.2. The first-order valence-electron chi connectivity index (χ1n) is 6.76. The molecule has 1 saturated heterocycles. The van der Waals surface area contributed by atoms with Crippen LogP contribution in [0.4, 0.5) is 10.1 Å². The second kappa shape index (κ2) is 6.38. The van der Waals surface area contributed by atoms with Crippen LogP contribution >= 0.6 is 0 Å². The van der Waals surface area contributed by atoms with E-state index in [0.717, 1.165) is 31.6 Å². The van der Waals surface area contributed by atoms with Crippen LogP contribution in [0.15, 0.2) is 18.2 Å². The van der Waals surface area contributed by atoms with Crippen molar-refractivity contribution in [2.24, 2.45) is 5.92 Å². The van der Waals surface area contributed by atoms with Crippen molar-refractivity contribution in [1.82, 2.24) is 0 Å². The number of carboxylic acid groups (broad SMARTS) is 1. The van der Waals surface area contributed by atoms with E-state index in [4.69, 9.17) is 10.4 Å². The number of carbonyl (C=O) groups is 1. The molecule has 1 heterocycles. The normalized spacial score (nSPS) is 18.6. The van der Waals surface area contributed by atoms with E-state index in [1.54, 1.807) is 6.07 Å². The molecule has 5 heteroatoms. The monoisotopic (exact) mass is 276 g/mol. The van der Waals surface area contributed by atoms with E-state index in [9.17, 15) is 9.18 Å². The van der Waals surface area contributed by atoms with Gasteiger partial charge in [-0.15, -0.1) is 0 Å². The highest BCUT2D eigenvalue weighted by Crippen LogP contribution is 2.28. The molecule has 1 aromatic rings. The van der Waals surface area contributed by atoms with Crippen LogP contribution in [0.25, 0.3) is 0 Å². The Bertz CT molecular complexity index is 539. The van der Waals surface area contributed by atoms with Crippen molar-refractivity contribution in [3.63, 3.8) is 0 Å². The highest BCUT2D eigenvalue weighted by atomic mass is 19.1. The average molecular weight is 276 g/mol. The zero-order valence-corrected chi connectivity index (χ0v) is 11.2. The summed E-state index contributed by atoms with van der Waals surface area (Å²) in [7, 11) is 0. The van der Waals surface area contributed by atoms with Gasteiger partial charge in [-0.1, -0.05) is 0 Å². The third-order valence-electron chi connectivity index (χ3n) is 3.71. The Balaban J connectivity index is 2.09. The van der Waals surface area contributed by atoms with Crippen LogP contribution in [-0.2, 0) is 4.79 Å². The molecule has 1 aromatic carbocycles. The van der Waals surface area contributed by atoms with Gasteiger partial charge in [-0.25, -0.2) is 4.39 Å². The van der Waals surface area contributed by atoms with Crippen LogP contribution < -0.4 is 4.90 Å². The van der Waals surface area contributed by atoms with Crippen LogP contribution in [0.3, 0.4) is 0 Å². The first kappa shape index (κ1) is 14.3. The number of aliphatic carboxylic acids is 1. The van der Waals surface area contributed by atoms with E-state index in [1.807, 2.05) is 6.07 Å². The van der Waals surface area contributed by atoms with E-state index in [0.29, 0.717) is 17.9 Å². The van der Waals surface area contributed by atoms with Crippen molar-refractivity contribution in [2.75, 3.05) is 18.0 Å². The quantitative estimate of drug-likeness (QED) is 0.918. The van der Waals surface area contributed by atoms with E-state index < -0.39 is 11.8 Å². The van der Waals surface area contributed by atoms with Crippen molar-refractivity contribution in [2.45, 2.75) is 25.7 Å². The zero-order valence-electron chi connectivity index (χ0n) is 11.2. The van der Waals surface area contributed by atoms with Crippen molar-refractivity contribution in [1.29, 1.82) is 5.26 Å². The molecule has 0 saturated carbocycles. The van der Waals surface area contributed by atoms with Gasteiger partial charge >= 0.3 is 5.97 Å². The Labute approximate surface area is 117 Å². The lowest BCUT2D eigenvalue weighted by Crippen LogP contribution is -2.36. The number of benzene rings is 1. The molecule has 106 valence electrons. The maximum Gasteiger partial charge on any atom is 0.303 e. The van der Waals surface area contributed by atoms with Gasteiger partial charge in [-0.2, -0.15) is 5.26 Å². The third kappa shape index (κ3) is 3.47. The van der Waals surface area contributed by atoms with Gasteiger partial charge < -0.3 is 10.0 Å². The van der Waals surface area contributed by atoms with Crippen molar-refractivity contribution < 1.29 is 14.3 Å². The first-order valence-corrected chi connectivity index (χ1v) is 6.76. The lowest BCUT2D eigenvalue weighted by Gasteiger charge is -2.34. The molecule has 1 N–H and O–H groups in total. The summed E-state index contributed by atoms with van der Waals surface area (Å²) in [6.45, 7) is 1.55. The van der Waals surface area contributed by atoms with Gasteiger partial charge in [0.1, 0.15) is 11.9 Å². The second-order valence-electron chi connectivity index (χ2n) is 5.16. The Morgan fingerprint density at radius 3 is 3.05 bits per heavy atom. The minimum Gasteiger partial charge on any atom is -0.481 e. The van der Waals surface area contributed by atoms with Crippen LogP contribution in [0.1, 0.15) is 31.2 Å². The minimum absolute atomic E-state index is 0.174. The molecule has 0 amide bonds. The van der Waals surface area contributed by atoms with Crippen LogP contribution in [0.5, 0.6) is 0 Å². The molecule has 0 radical (unpaired) electrons. The number of halogens is 1. The Hall–Kier alpha value is -2.09. The topological polar surface area (TPSA) is 64.3 Å². The lowest BCUT2D eigenvalue weighted by atomic mass is 9.92. The van der Waals surface area contributed by atoms with Gasteiger partial charge in [0.15, 0.2) is 0 Å². The van der Waals surface area contributed by atoms with Crippen molar-refractivity contribution in [3.05, 3.63) is 29.6 Å². The summed E-state index contributed by atoms with van der Waals surface area (Å²) >= 11 is 0.